The summed E-state index contributed by atoms with van der Waals surface area (Å²) in [5.74, 6) is 0.813. The number of nitrogens with one attached hydrogen (secondary N) is 1. The molecule has 0 aliphatic heterocycles. The molecular formula is C15H29NO. The molecule has 0 saturated heterocycles. The fraction of sp³-hybridized carbons (Fsp3) is 1.00. The molecule has 2 saturated carbocycles. The van der Waals surface area contributed by atoms with Gasteiger partial charge in [0.25, 0.3) is 0 Å². The molecule has 2 N–H and O–H groups in total. The normalized spacial score (nSPS) is 36.7. The van der Waals surface area contributed by atoms with Gasteiger partial charge in [0.05, 0.1) is 5.60 Å². The molecular weight excluding hydrogens is 210 g/mol. The third-order valence-corrected chi connectivity index (χ3v) is 4.78. The molecule has 2 aliphatic rings. The van der Waals surface area contributed by atoms with Crippen molar-refractivity contribution in [3.05, 3.63) is 0 Å². The highest BCUT2D eigenvalue weighted by atomic mass is 16.3. The first kappa shape index (κ1) is 13.4. The molecule has 2 rings (SSSR count). The van der Waals surface area contributed by atoms with Gasteiger partial charge in [-0.05, 0) is 44.4 Å². The minimum absolute atomic E-state index is 0.404. The molecule has 0 atom stereocenters. The summed E-state index contributed by atoms with van der Waals surface area (Å²) in [5, 5.41) is 14.2. The van der Waals surface area contributed by atoms with Crippen LogP contribution in [0.15, 0.2) is 0 Å². The van der Waals surface area contributed by atoms with E-state index in [9.17, 15) is 5.11 Å². The van der Waals surface area contributed by atoms with Crippen molar-refractivity contribution in [1.82, 2.24) is 5.32 Å². The fourth-order valence-corrected chi connectivity index (χ4v) is 3.29. The van der Waals surface area contributed by atoms with Gasteiger partial charge >= 0.3 is 0 Å². The third kappa shape index (κ3) is 4.26. The standard InChI is InChI=1S/C15H29NO/c1-13-8-10-15(17,11-9-13)12-16-14-6-4-2-3-5-7-14/h13-14,16-17H,2-12H2,1H3. The van der Waals surface area contributed by atoms with E-state index in [1.165, 1.54) is 51.4 Å². The van der Waals surface area contributed by atoms with Crippen molar-refractivity contribution in [3.63, 3.8) is 0 Å². The summed E-state index contributed by atoms with van der Waals surface area (Å²) < 4.78 is 0. The van der Waals surface area contributed by atoms with Gasteiger partial charge in [-0.15, -0.1) is 0 Å². The largest absolute Gasteiger partial charge is 0.389 e. The minimum atomic E-state index is -0.404. The van der Waals surface area contributed by atoms with E-state index in [2.05, 4.69) is 12.2 Å². The molecule has 0 spiro atoms. The topological polar surface area (TPSA) is 32.3 Å². The Bertz CT molecular complexity index is 213. The van der Waals surface area contributed by atoms with Gasteiger partial charge in [-0.2, -0.15) is 0 Å². The average molecular weight is 239 g/mol. The number of aliphatic hydroxyl groups is 1. The van der Waals surface area contributed by atoms with Crippen LogP contribution in [0.4, 0.5) is 0 Å². The maximum absolute atomic E-state index is 10.5. The maximum Gasteiger partial charge on any atom is 0.0771 e. The zero-order valence-corrected chi connectivity index (χ0v) is 11.4. The third-order valence-electron chi connectivity index (χ3n) is 4.78. The van der Waals surface area contributed by atoms with Gasteiger partial charge in [0.2, 0.25) is 0 Å². The van der Waals surface area contributed by atoms with Crippen LogP contribution >= 0.6 is 0 Å². The van der Waals surface area contributed by atoms with Crippen molar-refractivity contribution in [2.24, 2.45) is 5.92 Å². The Morgan fingerprint density at radius 2 is 1.59 bits per heavy atom. The van der Waals surface area contributed by atoms with E-state index in [0.29, 0.717) is 6.04 Å². The Kier molecular flexibility index (Phi) is 4.87. The van der Waals surface area contributed by atoms with Gasteiger partial charge in [-0.3, -0.25) is 0 Å². The quantitative estimate of drug-likeness (QED) is 0.741. The van der Waals surface area contributed by atoms with Gasteiger partial charge in [0.1, 0.15) is 0 Å². The van der Waals surface area contributed by atoms with Crippen molar-refractivity contribution in [1.29, 1.82) is 0 Å². The summed E-state index contributed by atoms with van der Waals surface area (Å²) in [6.45, 7) is 3.13. The van der Waals surface area contributed by atoms with Gasteiger partial charge in [-0.25, -0.2) is 0 Å². The molecule has 0 unspecified atom stereocenters. The zero-order valence-electron chi connectivity index (χ0n) is 11.4. The molecule has 2 nitrogen and oxygen atoms in total. The molecule has 0 aromatic carbocycles. The predicted octanol–water partition coefficient (Wildman–Crippen LogP) is 3.24. The molecule has 0 aromatic rings. The van der Waals surface area contributed by atoms with E-state index in [4.69, 9.17) is 0 Å². The second-order valence-electron chi connectivity index (χ2n) is 6.48. The van der Waals surface area contributed by atoms with Crippen molar-refractivity contribution >= 4 is 0 Å². The number of hydrogen-bond donors (Lipinski definition) is 2. The van der Waals surface area contributed by atoms with E-state index in [1.807, 2.05) is 0 Å². The van der Waals surface area contributed by atoms with Crippen LogP contribution in [0, 0.1) is 5.92 Å². The summed E-state index contributed by atoms with van der Waals surface area (Å²) in [4.78, 5) is 0. The Balaban J connectivity index is 1.72. The smallest absolute Gasteiger partial charge is 0.0771 e. The van der Waals surface area contributed by atoms with Crippen molar-refractivity contribution in [2.45, 2.75) is 82.8 Å². The monoisotopic (exact) mass is 239 g/mol. The second kappa shape index (κ2) is 6.19. The lowest BCUT2D eigenvalue weighted by atomic mass is 9.79. The predicted molar refractivity (Wildman–Crippen MR) is 72.1 cm³/mol. The fourth-order valence-electron chi connectivity index (χ4n) is 3.29. The molecule has 2 fully saturated rings. The van der Waals surface area contributed by atoms with Crippen LogP contribution in [0.25, 0.3) is 0 Å². The van der Waals surface area contributed by atoms with Crippen LogP contribution in [0.3, 0.4) is 0 Å². The first-order valence-corrected chi connectivity index (χ1v) is 7.64. The molecule has 100 valence electrons. The Morgan fingerprint density at radius 3 is 2.18 bits per heavy atom. The van der Waals surface area contributed by atoms with Gasteiger partial charge in [0.15, 0.2) is 0 Å². The summed E-state index contributed by atoms with van der Waals surface area (Å²) in [5.41, 5.74) is -0.404. The lowest BCUT2D eigenvalue weighted by molar-refractivity contribution is -0.00849. The highest BCUT2D eigenvalue weighted by molar-refractivity contribution is 4.87. The molecule has 0 heterocycles. The lowest BCUT2D eigenvalue weighted by Crippen LogP contribution is -2.46. The summed E-state index contributed by atoms with van der Waals surface area (Å²) in [6.07, 6.45) is 12.5. The van der Waals surface area contributed by atoms with E-state index < -0.39 is 5.60 Å². The van der Waals surface area contributed by atoms with Crippen LogP contribution in [0.2, 0.25) is 0 Å². The minimum Gasteiger partial charge on any atom is -0.389 e. The number of hydrogen-bond acceptors (Lipinski definition) is 2. The maximum atomic E-state index is 10.5. The van der Waals surface area contributed by atoms with Crippen LogP contribution in [-0.4, -0.2) is 23.3 Å². The van der Waals surface area contributed by atoms with E-state index in [0.717, 1.165) is 25.3 Å². The first-order chi connectivity index (χ1) is 8.18. The molecule has 2 aliphatic carbocycles. The van der Waals surface area contributed by atoms with Gasteiger partial charge in [0, 0.05) is 12.6 Å². The van der Waals surface area contributed by atoms with Gasteiger partial charge in [-0.1, -0.05) is 32.6 Å². The second-order valence-corrected chi connectivity index (χ2v) is 6.48. The first-order valence-electron chi connectivity index (χ1n) is 7.64. The highest BCUT2D eigenvalue weighted by Gasteiger charge is 2.32. The lowest BCUT2D eigenvalue weighted by Gasteiger charge is -2.36. The summed E-state index contributed by atoms with van der Waals surface area (Å²) in [7, 11) is 0. The van der Waals surface area contributed by atoms with Crippen molar-refractivity contribution < 1.29 is 5.11 Å². The highest BCUT2D eigenvalue weighted by Crippen LogP contribution is 2.31. The Morgan fingerprint density at radius 1 is 1.00 bits per heavy atom. The molecule has 0 radical (unpaired) electrons. The molecule has 0 bridgehead atoms. The molecule has 0 amide bonds. The van der Waals surface area contributed by atoms with Crippen LogP contribution in [-0.2, 0) is 0 Å². The summed E-state index contributed by atoms with van der Waals surface area (Å²) >= 11 is 0. The van der Waals surface area contributed by atoms with Crippen molar-refractivity contribution in [2.75, 3.05) is 6.54 Å². The van der Waals surface area contributed by atoms with E-state index >= 15 is 0 Å². The van der Waals surface area contributed by atoms with Crippen LogP contribution in [0.1, 0.15) is 71.1 Å². The summed E-state index contributed by atoms with van der Waals surface area (Å²) in [6, 6.07) is 0.667. The van der Waals surface area contributed by atoms with Crippen molar-refractivity contribution in [3.8, 4) is 0 Å². The van der Waals surface area contributed by atoms with Gasteiger partial charge < -0.3 is 10.4 Å². The Labute approximate surface area is 106 Å². The number of rotatable bonds is 3. The van der Waals surface area contributed by atoms with E-state index in [-0.39, 0.29) is 0 Å². The molecule has 0 aromatic heterocycles. The zero-order chi connectivity index (χ0) is 12.1. The SMILES string of the molecule is CC1CCC(O)(CNC2CCCCCC2)CC1. The Hall–Kier alpha value is -0.0800. The molecule has 17 heavy (non-hydrogen) atoms. The molecule has 2 heteroatoms. The average Bonchev–Trinajstić information content (AvgIpc) is 2.60. The van der Waals surface area contributed by atoms with Crippen LogP contribution < -0.4 is 5.32 Å². The van der Waals surface area contributed by atoms with E-state index in [1.54, 1.807) is 0 Å². The van der Waals surface area contributed by atoms with Crippen LogP contribution in [0.5, 0.6) is 0 Å².